The molecule has 1 spiro atoms. The molecule has 3 aromatic rings. The Morgan fingerprint density at radius 2 is 1.82 bits per heavy atom. The standard InChI is InChI=1S/C47H63N5O9/c1-6-43(57)25-29-26-46(42(56)60-5,37-31(13-18-51(27-29)28-43)30-11-8-9-12-34(30)49-37)33-23-32-35(24-36(33)59-4)50(3)39-45(32)15-19-52-17-10-14-44(7-2,38(45)52)40(54)47(39,58)41(55)48-16-21-61-22-20-53/h8-12,14,23-24,29,38-40,49,53-54,57-58H,6-7,13,15-22,25-28H2,1-5H3,(H,48,55)/t29?,38-,39?,40+,43-,44+,45?,46-,47?/m0/s1. The molecular formula is C47H63N5O9. The summed E-state index contributed by atoms with van der Waals surface area (Å²) in [7, 11) is 4.92. The van der Waals surface area contributed by atoms with E-state index >= 15 is 4.79 Å². The lowest BCUT2D eigenvalue weighted by Gasteiger charge is -2.63. The van der Waals surface area contributed by atoms with E-state index in [1.54, 1.807) is 7.11 Å². The van der Waals surface area contributed by atoms with E-state index in [1.807, 2.05) is 56.1 Å². The molecule has 10 atom stereocenters. The Morgan fingerprint density at radius 1 is 1.02 bits per heavy atom. The number of piperidine rings is 1. The molecule has 14 heteroatoms. The van der Waals surface area contributed by atoms with E-state index < -0.39 is 51.5 Å². The number of aliphatic hydroxyl groups excluding tert-OH is 2. The van der Waals surface area contributed by atoms with Gasteiger partial charge in [0.05, 0.1) is 45.7 Å². The molecule has 2 bridgehead atoms. The lowest BCUT2D eigenvalue weighted by Crippen LogP contribution is -2.81. The third kappa shape index (κ3) is 5.85. The predicted molar refractivity (Wildman–Crippen MR) is 230 cm³/mol. The lowest BCUT2D eigenvalue weighted by atomic mass is 9.47. The third-order valence-electron chi connectivity index (χ3n) is 16.0. The van der Waals surface area contributed by atoms with Crippen LogP contribution in [0, 0.1) is 11.3 Å². The molecular weight excluding hydrogens is 779 g/mol. The number of nitrogens with one attached hydrogen (secondary N) is 2. The molecule has 6 aliphatic rings. The summed E-state index contributed by atoms with van der Waals surface area (Å²) in [6, 6.07) is 11.0. The van der Waals surface area contributed by atoms with Crippen LogP contribution in [0.25, 0.3) is 10.9 Å². The molecule has 0 radical (unpaired) electrons. The van der Waals surface area contributed by atoms with Crippen molar-refractivity contribution < 1.29 is 44.2 Å². The molecule has 1 aromatic heterocycles. The van der Waals surface area contributed by atoms with Crippen LogP contribution in [0.1, 0.15) is 68.3 Å². The Labute approximate surface area is 357 Å². The van der Waals surface area contributed by atoms with E-state index in [4.69, 9.17) is 14.2 Å². The van der Waals surface area contributed by atoms with Crippen LogP contribution >= 0.6 is 0 Å². The second-order valence-electron chi connectivity index (χ2n) is 18.7. The molecule has 5 unspecified atom stereocenters. The summed E-state index contributed by atoms with van der Waals surface area (Å²) >= 11 is 0. The van der Waals surface area contributed by atoms with Crippen LogP contribution in [0.15, 0.2) is 48.6 Å². The number of esters is 1. The average molecular weight is 842 g/mol. The number of ether oxygens (including phenoxy) is 3. The monoisotopic (exact) mass is 841 g/mol. The minimum Gasteiger partial charge on any atom is -0.496 e. The van der Waals surface area contributed by atoms with Gasteiger partial charge in [-0.2, -0.15) is 0 Å². The first-order valence-electron chi connectivity index (χ1n) is 22.2. The van der Waals surface area contributed by atoms with Gasteiger partial charge >= 0.3 is 5.97 Å². The van der Waals surface area contributed by atoms with Gasteiger partial charge < -0.3 is 49.8 Å². The van der Waals surface area contributed by atoms with E-state index in [9.17, 15) is 25.2 Å². The summed E-state index contributed by atoms with van der Waals surface area (Å²) in [5.41, 5.74) is -1.59. The largest absolute Gasteiger partial charge is 0.496 e. The SMILES string of the molecule is CC[C@]1(O)CC2CN(CCc3c([nH]c4ccccc34)[C@@](C(=O)OC)(c3cc4c(cc3OC)N(C)C3C(O)(C(=O)NCCOCCO)[C@H](O)[C@]5(CC)C=CCN6CCC43[C@@H]65)C2)C1. The fourth-order valence-corrected chi connectivity index (χ4v) is 13.6. The highest BCUT2D eigenvalue weighted by Gasteiger charge is 2.78. The highest BCUT2D eigenvalue weighted by Crippen LogP contribution is 2.67. The normalized spacial score (nSPS) is 36.3. The van der Waals surface area contributed by atoms with Crippen LogP contribution < -0.4 is 15.0 Å². The van der Waals surface area contributed by atoms with E-state index in [0.29, 0.717) is 82.6 Å². The maximum Gasteiger partial charge on any atom is 0.322 e. The molecule has 9 rings (SSSR count). The molecule has 2 aromatic carbocycles. The highest BCUT2D eigenvalue weighted by atomic mass is 16.5. The zero-order valence-corrected chi connectivity index (χ0v) is 36.2. The summed E-state index contributed by atoms with van der Waals surface area (Å²) in [4.78, 5) is 40.5. The minimum atomic E-state index is -2.29. The fourth-order valence-electron chi connectivity index (χ4n) is 13.6. The van der Waals surface area contributed by atoms with Gasteiger partial charge in [-0.15, -0.1) is 0 Å². The van der Waals surface area contributed by atoms with E-state index in [2.05, 4.69) is 38.3 Å². The van der Waals surface area contributed by atoms with Crippen molar-refractivity contribution in [1.82, 2.24) is 20.1 Å². The summed E-state index contributed by atoms with van der Waals surface area (Å²) in [5.74, 6) is -0.765. The van der Waals surface area contributed by atoms with Gasteiger partial charge in [-0.05, 0) is 74.2 Å². The van der Waals surface area contributed by atoms with E-state index in [1.165, 1.54) is 7.11 Å². The fraction of sp³-hybridized carbons (Fsp3) is 0.617. The molecule has 1 saturated carbocycles. The number of para-hydroxylation sites is 1. The lowest BCUT2D eigenvalue weighted by molar-refractivity contribution is -0.203. The first kappa shape index (κ1) is 42.3. The molecule has 5 aliphatic heterocycles. The third-order valence-corrected chi connectivity index (χ3v) is 16.0. The number of hydrogen-bond donors (Lipinski definition) is 6. The van der Waals surface area contributed by atoms with E-state index in [-0.39, 0.29) is 38.3 Å². The second-order valence-corrected chi connectivity index (χ2v) is 18.7. The van der Waals surface area contributed by atoms with Crippen molar-refractivity contribution >= 4 is 28.5 Å². The van der Waals surface area contributed by atoms with Crippen molar-refractivity contribution in [2.75, 3.05) is 85.3 Å². The van der Waals surface area contributed by atoms with Crippen LogP contribution in [0.2, 0.25) is 0 Å². The zero-order chi connectivity index (χ0) is 43.1. The topological polar surface area (TPSA) is 180 Å². The number of aromatic amines is 1. The first-order valence-corrected chi connectivity index (χ1v) is 22.2. The van der Waals surface area contributed by atoms with Gasteiger partial charge in [0.15, 0.2) is 5.60 Å². The molecule has 330 valence electrons. The summed E-state index contributed by atoms with van der Waals surface area (Å²) in [6.07, 6.45) is 5.72. The van der Waals surface area contributed by atoms with Gasteiger partial charge in [-0.3, -0.25) is 19.4 Å². The summed E-state index contributed by atoms with van der Waals surface area (Å²) < 4.78 is 17.8. The van der Waals surface area contributed by atoms with Crippen LogP contribution in [-0.4, -0.2) is 157 Å². The number of amides is 1. The van der Waals surface area contributed by atoms with Gasteiger partial charge in [0.1, 0.15) is 17.3 Å². The predicted octanol–water partition coefficient (Wildman–Crippen LogP) is 2.37. The molecule has 2 saturated heterocycles. The number of rotatable bonds is 11. The summed E-state index contributed by atoms with van der Waals surface area (Å²) in [5, 5.41) is 51.2. The second kappa shape index (κ2) is 15.4. The Bertz CT molecular complexity index is 2230. The number of carbonyl (C=O) groups is 2. The van der Waals surface area contributed by atoms with Crippen LogP contribution in [-0.2, 0) is 36.3 Å². The number of anilines is 1. The number of methoxy groups -OCH3 is 2. The Kier molecular flexibility index (Phi) is 10.6. The quantitative estimate of drug-likeness (QED) is 0.0945. The molecule has 1 aliphatic carbocycles. The maximum atomic E-state index is 15.3. The van der Waals surface area contributed by atoms with Crippen LogP contribution in [0.3, 0.4) is 0 Å². The maximum absolute atomic E-state index is 15.3. The molecule has 14 nitrogen and oxygen atoms in total. The number of nitrogens with zero attached hydrogens (tertiary/aromatic N) is 3. The smallest absolute Gasteiger partial charge is 0.322 e. The first-order chi connectivity index (χ1) is 29.3. The van der Waals surface area contributed by atoms with Crippen molar-refractivity contribution in [3.05, 3.63) is 70.9 Å². The number of fused-ring (bicyclic) bond motifs is 6. The highest BCUT2D eigenvalue weighted by molar-refractivity contribution is 5.95. The zero-order valence-electron chi connectivity index (χ0n) is 36.2. The van der Waals surface area contributed by atoms with Gasteiger partial charge in [0.25, 0.3) is 5.91 Å². The van der Waals surface area contributed by atoms with Gasteiger partial charge in [0, 0.05) is 90.6 Å². The van der Waals surface area contributed by atoms with Gasteiger partial charge in [-0.1, -0.05) is 44.2 Å². The molecule has 3 fully saturated rings. The Hall–Kier alpha value is -4.02. The van der Waals surface area contributed by atoms with Crippen molar-refractivity contribution in [3.8, 4) is 5.75 Å². The van der Waals surface area contributed by atoms with Gasteiger partial charge in [0.2, 0.25) is 0 Å². The average Bonchev–Trinajstić information content (AvgIpc) is 3.93. The van der Waals surface area contributed by atoms with Crippen LogP contribution in [0.5, 0.6) is 5.75 Å². The Balaban J connectivity index is 1.30. The molecule has 6 heterocycles. The van der Waals surface area contributed by atoms with Gasteiger partial charge in [-0.25, -0.2) is 0 Å². The number of aliphatic hydroxyl groups is 4. The van der Waals surface area contributed by atoms with E-state index in [0.717, 1.165) is 33.4 Å². The molecule has 6 N–H and O–H groups in total. The number of H-pyrrole nitrogens is 1. The number of carbonyl (C=O) groups excluding carboxylic acids is 2. The number of likely N-dealkylation sites (N-methyl/N-ethyl adjacent to an activating group) is 1. The number of benzene rings is 2. The minimum absolute atomic E-state index is 0.0764. The number of aromatic nitrogens is 1. The number of hydrogen-bond acceptors (Lipinski definition) is 12. The van der Waals surface area contributed by atoms with Crippen molar-refractivity contribution in [2.45, 2.75) is 92.6 Å². The van der Waals surface area contributed by atoms with Crippen LogP contribution in [0.4, 0.5) is 5.69 Å². The van der Waals surface area contributed by atoms with Crippen molar-refractivity contribution in [2.24, 2.45) is 11.3 Å². The van der Waals surface area contributed by atoms with Crippen molar-refractivity contribution in [3.63, 3.8) is 0 Å². The molecule has 61 heavy (non-hydrogen) atoms. The molecule has 1 amide bonds. The van der Waals surface area contributed by atoms with Crippen molar-refractivity contribution in [1.29, 1.82) is 0 Å². The Morgan fingerprint density at radius 3 is 2.56 bits per heavy atom. The summed E-state index contributed by atoms with van der Waals surface area (Å²) in [6.45, 7) is 7.50.